The normalized spacial score (nSPS) is 13.8. The summed E-state index contributed by atoms with van der Waals surface area (Å²) in [6, 6.07) is 124. The van der Waals surface area contributed by atoms with Crippen LogP contribution in [0.25, 0.3) is 64.0 Å². The van der Waals surface area contributed by atoms with Gasteiger partial charge in [0.25, 0.3) is 0 Å². The predicted octanol–water partition coefficient (Wildman–Crippen LogP) is 16.0. The molecule has 0 saturated carbocycles. The maximum Gasteiger partial charge on any atom is 0.184 e. The van der Waals surface area contributed by atoms with Gasteiger partial charge in [-0.05, 0) is 140 Å². The van der Waals surface area contributed by atoms with Gasteiger partial charge in [-0.2, -0.15) is 0 Å². The third kappa shape index (κ3) is 7.54. The third-order valence-electron chi connectivity index (χ3n) is 18.3. The van der Waals surface area contributed by atoms with E-state index in [0.717, 1.165) is 11.4 Å². The van der Waals surface area contributed by atoms with E-state index >= 15 is 0 Å². The first-order valence-corrected chi connectivity index (χ1v) is 34.2. The molecule has 0 saturated heterocycles. The molecule has 5 heteroatoms. The number of benzene rings is 14. The van der Waals surface area contributed by atoms with Gasteiger partial charge in [0, 0.05) is 54.3 Å². The highest BCUT2D eigenvalue weighted by Gasteiger charge is 2.51. The number of hydrogen-bond acceptors (Lipinski definition) is 3. The molecule has 0 unspecified atom stereocenters. The highest BCUT2D eigenvalue weighted by atomic mass is 32.1. The Morgan fingerprint density at radius 2 is 0.624 bits per heavy atom. The van der Waals surface area contributed by atoms with E-state index in [1.807, 2.05) is 11.3 Å². The summed E-state index contributed by atoms with van der Waals surface area (Å²) < 4.78 is 2.60. The van der Waals surface area contributed by atoms with Crippen LogP contribution in [0.1, 0.15) is 0 Å². The molecule has 3 heterocycles. The minimum Gasteiger partial charge on any atom is -0.311 e. The quantitative estimate of drug-likeness (QED) is 0.111. The van der Waals surface area contributed by atoms with Crippen molar-refractivity contribution in [3.8, 4) is 22.3 Å². The third-order valence-corrected chi connectivity index (χ3v) is 29.2. The lowest BCUT2D eigenvalue weighted by molar-refractivity contribution is 1.29. The van der Waals surface area contributed by atoms with Gasteiger partial charge < -0.3 is 9.80 Å². The molecule has 0 radical (unpaired) electrons. The van der Waals surface area contributed by atoms with E-state index in [2.05, 4.69) is 337 Å². The Kier molecular flexibility index (Phi) is 11.5. The van der Waals surface area contributed by atoms with E-state index in [1.165, 1.54) is 128 Å². The lowest BCUT2D eigenvalue weighted by Gasteiger charge is -2.45. The molecular weight excluding hydrogens is 1080 g/mol. The van der Waals surface area contributed by atoms with Gasteiger partial charge in [-0.3, -0.25) is 0 Å². The molecule has 0 fully saturated rings. The summed E-state index contributed by atoms with van der Waals surface area (Å²) in [5.74, 6) is 0. The maximum absolute atomic E-state index is 3.01. The van der Waals surface area contributed by atoms with Gasteiger partial charge in [-0.15, -0.1) is 11.3 Å². The van der Waals surface area contributed by atoms with Crippen LogP contribution in [0.15, 0.2) is 328 Å². The molecule has 2 aliphatic heterocycles. The molecule has 0 amide bonds. The van der Waals surface area contributed by atoms with Gasteiger partial charge in [0.1, 0.15) is 0 Å². The minimum atomic E-state index is -3.01. The second-order valence-corrected chi connectivity index (χ2v) is 31.2. The van der Waals surface area contributed by atoms with Crippen molar-refractivity contribution >= 4 is 145 Å². The van der Waals surface area contributed by atoms with E-state index in [9.17, 15) is 0 Å². The summed E-state index contributed by atoms with van der Waals surface area (Å²) in [6.07, 6.45) is 0. The molecule has 398 valence electrons. The number of fused-ring (bicyclic) bond motifs is 10. The van der Waals surface area contributed by atoms with Crippen molar-refractivity contribution in [2.24, 2.45) is 0 Å². The van der Waals surface area contributed by atoms with Crippen LogP contribution in [0.2, 0.25) is 0 Å². The molecule has 15 aromatic rings. The smallest absolute Gasteiger partial charge is 0.184 e. The van der Waals surface area contributed by atoms with Crippen molar-refractivity contribution in [1.29, 1.82) is 0 Å². The molecule has 14 aromatic carbocycles. The van der Waals surface area contributed by atoms with Crippen LogP contribution < -0.4 is 51.3 Å². The monoisotopic (exact) mass is 1130 g/mol. The number of anilines is 6. The van der Waals surface area contributed by atoms with Gasteiger partial charge in [0.2, 0.25) is 0 Å². The number of para-hydroxylation sites is 1. The van der Waals surface area contributed by atoms with Crippen LogP contribution in [-0.2, 0) is 0 Å². The van der Waals surface area contributed by atoms with Gasteiger partial charge in [0.05, 0.1) is 0 Å². The summed E-state index contributed by atoms with van der Waals surface area (Å²) in [7, 11) is -5.87. The fraction of sp³-hybridized carbons (Fsp3) is 0. The van der Waals surface area contributed by atoms with Crippen molar-refractivity contribution in [2.45, 2.75) is 0 Å². The Balaban J connectivity index is 0.868. The molecule has 2 aliphatic rings. The van der Waals surface area contributed by atoms with Crippen LogP contribution in [-0.4, -0.2) is 16.1 Å². The molecule has 0 N–H and O–H groups in total. The second kappa shape index (κ2) is 19.8. The molecule has 1 aromatic heterocycles. The average Bonchev–Trinajstić information content (AvgIpc) is 1.74. The van der Waals surface area contributed by atoms with Crippen LogP contribution in [0.4, 0.5) is 34.1 Å². The summed E-state index contributed by atoms with van der Waals surface area (Å²) in [5.41, 5.74) is 12.0. The molecule has 0 spiro atoms. The first kappa shape index (κ1) is 49.5. The van der Waals surface area contributed by atoms with Crippen molar-refractivity contribution in [2.75, 3.05) is 9.80 Å². The van der Waals surface area contributed by atoms with Gasteiger partial charge in [0.15, 0.2) is 16.1 Å². The van der Waals surface area contributed by atoms with Crippen LogP contribution in [0, 0.1) is 0 Å². The first-order chi connectivity index (χ1) is 42.1. The maximum atomic E-state index is 2.61. The largest absolute Gasteiger partial charge is 0.311 e. The van der Waals surface area contributed by atoms with Crippen molar-refractivity contribution in [3.05, 3.63) is 328 Å². The van der Waals surface area contributed by atoms with Crippen LogP contribution in [0.5, 0.6) is 0 Å². The zero-order valence-electron chi connectivity index (χ0n) is 46.5. The second-order valence-electron chi connectivity index (χ2n) is 22.7. The van der Waals surface area contributed by atoms with E-state index in [-0.39, 0.29) is 0 Å². The molecular formula is C80H54N2SSi2. The molecule has 2 nitrogen and oxygen atoms in total. The standard InChI is InChI=1S/C80H54N2SSi2/c1-7-23-55(24-8-1)57-41-47-78-72(51-57)81(71-36-20-22-38-77(71)84(78,63-27-11-3-12-28-63)64-29-13-4-14-30-64)61-43-45-67-59(49-61)39-40-60-50-62(44-46-68(60)67)82-73-52-58(56-25-9-2-10-26-56)42-48-79(73)85(65-31-15-5-16-32-65,66-33-17-6-18-34-66)80-53-70-69-35-19-21-37-75(69)83-76(70)54-74(80)82/h1-54H. The highest BCUT2D eigenvalue weighted by Crippen LogP contribution is 2.47. The van der Waals surface area contributed by atoms with E-state index < -0.39 is 16.1 Å². The molecule has 85 heavy (non-hydrogen) atoms. The highest BCUT2D eigenvalue weighted by molar-refractivity contribution is 7.26. The van der Waals surface area contributed by atoms with Gasteiger partial charge >= 0.3 is 0 Å². The summed E-state index contributed by atoms with van der Waals surface area (Å²) >= 11 is 1.90. The van der Waals surface area contributed by atoms with Gasteiger partial charge in [-0.1, -0.05) is 273 Å². The lowest BCUT2D eigenvalue weighted by atomic mass is 9.99. The van der Waals surface area contributed by atoms with E-state index in [4.69, 9.17) is 0 Å². The minimum absolute atomic E-state index is 1.14. The Morgan fingerprint density at radius 1 is 0.224 bits per heavy atom. The van der Waals surface area contributed by atoms with E-state index in [1.54, 1.807) is 0 Å². The number of nitrogens with zero attached hydrogens (tertiary/aromatic N) is 2. The van der Waals surface area contributed by atoms with Crippen molar-refractivity contribution < 1.29 is 0 Å². The van der Waals surface area contributed by atoms with Crippen molar-refractivity contribution in [1.82, 2.24) is 0 Å². The van der Waals surface area contributed by atoms with E-state index in [0.29, 0.717) is 0 Å². The molecule has 0 bridgehead atoms. The lowest BCUT2D eigenvalue weighted by Crippen LogP contribution is -2.77. The Morgan fingerprint density at radius 3 is 1.13 bits per heavy atom. The van der Waals surface area contributed by atoms with Crippen LogP contribution in [0.3, 0.4) is 0 Å². The number of hydrogen-bond donors (Lipinski definition) is 0. The number of rotatable bonds is 8. The summed E-state index contributed by atoms with van der Waals surface area (Å²) in [5, 5.41) is 18.5. The topological polar surface area (TPSA) is 6.48 Å². The zero-order chi connectivity index (χ0) is 56.1. The summed E-state index contributed by atoms with van der Waals surface area (Å²) in [6.45, 7) is 0. The Hall–Kier alpha value is -10.1. The van der Waals surface area contributed by atoms with Crippen molar-refractivity contribution in [3.63, 3.8) is 0 Å². The zero-order valence-corrected chi connectivity index (χ0v) is 49.3. The van der Waals surface area contributed by atoms with Crippen LogP contribution >= 0.6 is 11.3 Å². The fourth-order valence-electron chi connectivity index (χ4n) is 14.7. The SMILES string of the molecule is c1ccc(-c2ccc3c(c2)N(c2ccc4c(ccc5cc(N6c7cc(-c8ccccc8)ccc7[Si](c7ccccc7)(c7ccccc7)c7cc8c(cc76)sc6ccccc68)ccc54)c2)c2ccccc2[Si]3(c2ccccc2)c2ccccc2)cc1. The molecule has 17 rings (SSSR count). The predicted molar refractivity (Wildman–Crippen MR) is 369 cm³/mol. The first-order valence-electron chi connectivity index (χ1n) is 29.4. The molecule has 0 atom stereocenters. The fourth-order valence-corrected chi connectivity index (χ4v) is 26.0. The van der Waals surface area contributed by atoms with Gasteiger partial charge in [-0.25, -0.2) is 0 Å². The average molecular weight is 1130 g/mol. The summed E-state index contributed by atoms with van der Waals surface area (Å²) in [4.78, 5) is 5.16. The number of thiophene rings is 1. The Labute approximate surface area is 501 Å². The Bertz CT molecular complexity index is 4990. The molecule has 0 aliphatic carbocycles.